The molecular formula is C27H39NO. The molecule has 0 spiro atoms. The Bertz CT molecular complexity index is 721. The fourth-order valence-electron chi connectivity index (χ4n) is 4.81. The van der Waals surface area contributed by atoms with Crippen LogP contribution in [0.4, 0.5) is 0 Å². The van der Waals surface area contributed by atoms with Gasteiger partial charge in [0.2, 0.25) is 0 Å². The van der Waals surface area contributed by atoms with Gasteiger partial charge < -0.3 is 5.11 Å². The molecule has 1 atom stereocenters. The standard InChI is InChI=1S/C27H39NO/c1-3-8-22(9-4-2)12-15-27(29)26-14-13-24-16-18-28(19-17-25(24)20-26)21-23-10-6-5-7-11-23/h5-7,10-11,13-14,20,22,27,29H,3-4,8-9,12,15-19,21H2,1-2H3. The van der Waals surface area contributed by atoms with Gasteiger partial charge in [0.05, 0.1) is 6.10 Å². The van der Waals surface area contributed by atoms with Crippen molar-refractivity contribution >= 4 is 0 Å². The normalized spacial score (nSPS) is 15.9. The molecule has 29 heavy (non-hydrogen) atoms. The van der Waals surface area contributed by atoms with E-state index in [1.54, 1.807) is 0 Å². The first-order chi connectivity index (χ1) is 14.2. The van der Waals surface area contributed by atoms with E-state index in [0.717, 1.165) is 56.8 Å². The number of rotatable bonds is 10. The molecular weight excluding hydrogens is 354 g/mol. The predicted molar refractivity (Wildman–Crippen MR) is 123 cm³/mol. The van der Waals surface area contributed by atoms with E-state index in [0.29, 0.717) is 0 Å². The summed E-state index contributed by atoms with van der Waals surface area (Å²) in [6, 6.07) is 17.5. The summed E-state index contributed by atoms with van der Waals surface area (Å²) < 4.78 is 0. The monoisotopic (exact) mass is 393 g/mol. The van der Waals surface area contributed by atoms with Crippen LogP contribution >= 0.6 is 0 Å². The van der Waals surface area contributed by atoms with Gasteiger partial charge in [-0.25, -0.2) is 0 Å². The summed E-state index contributed by atoms with van der Waals surface area (Å²) in [4.78, 5) is 2.56. The van der Waals surface area contributed by atoms with Gasteiger partial charge in [-0.15, -0.1) is 0 Å². The summed E-state index contributed by atoms with van der Waals surface area (Å²) >= 11 is 0. The maximum absolute atomic E-state index is 10.8. The summed E-state index contributed by atoms with van der Waals surface area (Å²) in [5, 5.41) is 10.8. The molecule has 1 aliphatic heterocycles. The number of hydrogen-bond acceptors (Lipinski definition) is 2. The van der Waals surface area contributed by atoms with Gasteiger partial charge in [-0.3, -0.25) is 4.90 Å². The molecule has 3 rings (SSSR count). The lowest BCUT2D eigenvalue weighted by atomic mass is 9.90. The van der Waals surface area contributed by atoms with E-state index >= 15 is 0 Å². The fourth-order valence-corrected chi connectivity index (χ4v) is 4.81. The summed E-state index contributed by atoms with van der Waals surface area (Å²) in [7, 11) is 0. The highest BCUT2D eigenvalue weighted by Gasteiger charge is 2.17. The average Bonchev–Trinajstić information content (AvgIpc) is 2.95. The Labute approximate surface area is 178 Å². The van der Waals surface area contributed by atoms with Crippen LogP contribution in [0.25, 0.3) is 0 Å². The SMILES string of the molecule is CCCC(CCC)CCC(O)c1ccc2c(c1)CCN(Cc1ccccc1)CC2. The van der Waals surface area contributed by atoms with Gasteiger partial charge in [0.15, 0.2) is 0 Å². The molecule has 0 radical (unpaired) electrons. The quantitative estimate of drug-likeness (QED) is 0.511. The first-order valence-corrected chi connectivity index (χ1v) is 11.8. The van der Waals surface area contributed by atoms with E-state index < -0.39 is 0 Å². The van der Waals surface area contributed by atoms with Crippen molar-refractivity contribution in [2.75, 3.05) is 13.1 Å². The topological polar surface area (TPSA) is 23.5 Å². The summed E-state index contributed by atoms with van der Waals surface area (Å²) in [5.74, 6) is 0.770. The molecule has 0 saturated heterocycles. The van der Waals surface area contributed by atoms with Crippen molar-refractivity contribution in [1.29, 1.82) is 0 Å². The molecule has 0 fully saturated rings. The molecule has 2 aromatic rings. The zero-order valence-corrected chi connectivity index (χ0v) is 18.4. The molecule has 2 aromatic carbocycles. The predicted octanol–water partition coefficient (Wildman–Crippen LogP) is 6.32. The van der Waals surface area contributed by atoms with Gasteiger partial charge in [-0.1, -0.05) is 88.1 Å². The maximum atomic E-state index is 10.8. The smallest absolute Gasteiger partial charge is 0.0790 e. The number of aliphatic hydroxyl groups is 1. The number of benzene rings is 2. The molecule has 0 bridgehead atoms. The second-order valence-corrected chi connectivity index (χ2v) is 8.83. The Morgan fingerprint density at radius 1 is 0.828 bits per heavy atom. The molecule has 1 N–H and O–H groups in total. The minimum Gasteiger partial charge on any atom is -0.388 e. The molecule has 0 aromatic heterocycles. The van der Waals surface area contributed by atoms with Crippen LogP contribution in [-0.4, -0.2) is 23.1 Å². The number of fused-ring (bicyclic) bond motifs is 1. The molecule has 1 heterocycles. The molecule has 0 aliphatic carbocycles. The molecule has 2 nitrogen and oxygen atoms in total. The second kappa shape index (κ2) is 11.5. The molecule has 158 valence electrons. The van der Waals surface area contributed by atoms with Crippen LogP contribution < -0.4 is 0 Å². The largest absolute Gasteiger partial charge is 0.388 e. The summed E-state index contributed by atoms with van der Waals surface area (Å²) in [6.45, 7) is 7.77. The van der Waals surface area contributed by atoms with Crippen molar-refractivity contribution in [3.8, 4) is 0 Å². The molecule has 0 saturated carbocycles. The number of aliphatic hydroxyl groups excluding tert-OH is 1. The van der Waals surface area contributed by atoms with Gasteiger partial charge in [0.1, 0.15) is 0 Å². The van der Waals surface area contributed by atoms with Crippen LogP contribution in [0.1, 0.15) is 80.7 Å². The Balaban J connectivity index is 1.57. The Hall–Kier alpha value is -1.64. The second-order valence-electron chi connectivity index (χ2n) is 8.83. The first-order valence-electron chi connectivity index (χ1n) is 11.8. The lowest BCUT2D eigenvalue weighted by Gasteiger charge is -2.19. The molecule has 0 amide bonds. The van der Waals surface area contributed by atoms with Crippen LogP contribution in [0.2, 0.25) is 0 Å². The van der Waals surface area contributed by atoms with Gasteiger partial charge in [-0.2, -0.15) is 0 Å². The zero-order valence-electron chi connectivity index (χ0n) is 18.4. The first kappa shape index (κ1) is 22.1. The lowest BCUT2D eigenvalue weighted by molar-refractivity contribution is 0.154. The van der Waals surface area contributed by atoms with E-state index in [9.17, 15) is 5.11 Å². The van der Waals surface area contributed by atoms with Crippen LogP contribution in [0.3, 0.4) is 0 Å². The minimum atomic E-state index is -0.319. The third-order valence-electron chi connectivity index (χ3n) is 6.50. The highest BCUT2D eigenvalue weighted by Crippen LogP contribution is 2.28. The van der Waals surface area contributed by atoms with Crippen LogP contribution in [0.15, 0.2) is 48.5 Å². The van der Waals surface area contributed by atoms with E-state index in [-0.39, 0.29) is 6.10 Å². The van der Waals surface area contributed by atoms with Crippen molar-refractivity contribution in [1.82, 2.24) is 4.90 Å². The van der Waals surface area contributed by atoms with Crippen molar-refractivity contribution in [3.05, 3.63) is 70.8 Å². The Kier molecular flexibility index (Phi) is 8.76. The lowest BCUT2D eigenvalue weighted by Crippen LogP contribution is -2.25. The van der Waals surface area contributed by atoms with E-state index in [1.807, 2.05) is 0 Å². The summed E-state index contributed by atoms with van der Waals surface area (Å²) in [6.07, 6.45) is 8.99. The van der Waals surface area contributed by atoms with Gasteiger partial charge in [0.25, 0.3) is 0 Å². The third kappa shape index (κ3) is 6.69. The average molecular weight is 394 g/mol. The maximum Gasteiger partial charge on any atom is 0.0790 e. The van der Waals surface area contributed by atoms with Crippen molar-refractivity contribution in [2.45, 2.75) is 77.9 Å². The zero-order chi connectivity index (χ0) is 20.5. The van der Waals surface area contributed by atoms with Crippen molar-refractivity contribution < 1.29 is 5.11 Å². The van der Waals surface area contributed by atoms with Crippen LogP contribution in [0.5, 0.6) is 0 Å². The third-order valence-corrected chi connectivity index (χ3v) is 6.50. The van der Waals surface area contributed by atoms with Gasteiger partial charge >= 0.3 is 0 Å². The summed E-state index contributed by atoms with van der Waals surface area (Å²) in [5.41, 5.74) is 5.41. The van der Waals surface area contributed by atoms with E-state index in [1.165, 1.54) is 42.4 Å². The number of hydrogen-bond donors (Lipinski definition) is 1. The Morgan fingerprint density at radius 2 is 1.52 bits per heavy atom. The number of nitrogens with zero attached hydrogens (tertiary/aromatic N) is 1. The molecule has 1 aliphatic rings. The Morgan fingerprint density at radius 3 is 2.21 bits per heavy atom. The highest BCUT2D eigenvalue weighted by molar-refractivity contribution is 5.34. The highest BCUT2D eigenvalue weighted by atomic mass is 16.3. The van der Waals surface area contributed by atoms with Crippen molar-refractivity contribution in [3.63, 3.8) is 0 Å². The van der Waals surface area contributed by atoms with E-state index in [4.69, 9.17) is 0 Å². The molecule has 1 unspecified atom stereocenters. The van der Waals surface area contributed by atoms with Gasteiger partial charge in [0, 0.05) is 19.6 Å². The fraction of sp³-hybridized carbons (Fsp3) is 0.556. The minimum absolute atomic E-state index is 0.319. The van der Waals surface area contributed by atoms with Crippen molar-refractivity contribution in [2.24, 2.45) is 5.92 Å². The van der Waals surface area contributed by atoms with Crippen LogP contribution in [0, 0.1) is 5.92 Å². The van der Waals surface area contributed by atoms with Gasteiger partial charge in [-0.05, 0) is 53.9 Å². The van der Waals surface area contributed by atoms with E-state index in [2.05, 4.69) is 67.3 Å². The van der Waals surface area contributed by atoms with Crippen LogP contribution in [-0.2, 0) is 19.4 Å². The molecule has 2 heteroatoms.